The minimum absolute atomic E-state index is 0.319. The van der Waals surface area contributed by atoms with Crippen molar-refractivity contribution in [3.8, 4) is 11.5 Å². The van der Waals surface area contributed by atoms with Gasteiger partial charge in [0.25, 0.3) is 0 Å². The monoisotopic (exact) mass is 355 g/mol. The van der Waals surface area contributed by atoms with Gasteiger partial charge in [0.1, 0.15) is 27.4 Å². The Balaban J connectivity index is 2.59. The van der Waals surface area contributed by atoms with Gasteiger partial charge in [0.15, 0.2) is 0 Å². The van der Waals surface area contributed by atoms with Gasteiger partial charge in [-0.2, -0.15) is 0 Å². The summed E-state index contributed by atoms with van der Waals surface area (Å²) in [6.45, 7) is 1.57. The number of rotatable bonds is 4. The second-order valence-electron chi connectivity index (χ2n) is 4.60. The molecule has 0 aliphatic carbocycles. The van der Waals surface area contributed by atoms with Crippen molar-refractivity contribution >= 4 is 15.9 Å². The van der Waals surface area contributed by atoms with E-state index in [-0.39, 0.29) is 0 Å². The number of hydrogen-bond acceptors (Lipinski definition) is 4. The third-order valence-electron chi connectivity index (χ3n) is 3.24. The van der Waals surface area contributed by atoms with Crippen LogP contribution in [0.15, 0.2) is 34.9 Å². The fraction of sp³-hybridized carbons (Fsp3) is 0.267. The average molecular weight is 356 g/mol. The molecular weight excluding hydrogens is 341 g/mol. The van der Waals surface area contributed by atoms with Gasteiger partial charge < -0.3 is 14.6 Å². The molecule has 0 amide bonds. The molecule has 2 aromatic rings. The summed E-state index contributed by atoms with van der Waals surface area (Å²) in [5, 5.41) is 10.8. The summed E-state index contributed by atoms with van der Waals surface area (Å²) in [6.07, 6.45) is 1.06. The minimum atomic E-state index is -1.44. The number of nitrogens with zero attached hydrogens (tertiary/aromatic N) is 1. The zero-order valence-electron chi connectivity index (χ0n) is 11.9. The quantitative estimate of drug-likeness (QED) is 0.914. The van der Waals surface area contributed by atoms with E-state index in [1.807, 2.05) is 0 Å². The van der Waals surface area contributed by atoms with E-state index in [1.54, 1.807) is 26.2 Å². The molecule has 0 spiro atoms. The third kappa shape index (κ3) is 2.87. The van der Waals surface area contributed by atoms with Gasteiger partial charge in [-0.05, 0) is 47.1 Å². The van der Waals surface area contributed by atoms with Crippen LogP contribution in [0.25, 0.3) is 0 Å². The lowest BCUT2D eigenvalue weighted by atomic mass is 9.91. The van der Waals surface area contributed by atoms with Crippen LogP contribution < -0.4 is 9.47 Å². The van der Waals surface area contributed by atoms with Crippen molar-refractivity contribution in [2.75, 3.05) is 14.2 Å². The molecule has 0 radical (unpaired) electrons. The van der Waals surface area contributed by atoms with Crippen LogP contribution in [0.1, 0.15) is 18.2 Å². The van der Waals surface area contributed by atoms with Crippen LogP contribution in [0.3, 0.4) is 0 Å². The molecule has 6 heteroatoms. The van der Waals surface area contributed by atoms with Crippen LogP contribution in [0.5, 0.6) is 11.5 Å². The smallest absolute Gasteiger partial charge is 0.143 e. The zero-order valence-corrected chi connectivity index (χ0v) is 13.4. The van der Waals surface area contributed by atoms with Crippen molar-refractivity contribution in [3.63, 3.8) is 0 Å². The summed E-state index contributed by atoms with van der Waals surface area (Å²) in [7, 11) is 3.04. The van der Waals surface area contributed by atoms with Crippen LogP contribution in [0.4, 0.5) is 4.39 Å². The van der Waals surface area contributed by atoms with E-state index in [4.69, 9.17) is 9.47 Å². The molecule has 2 rings (SSSR count). The van der Waals surface area contributed by atoms with Gasteiger partial charge in [-0.25, -0.2) is 4.39 Å². The lowest BCUT2D eigenvalue weighted by Gasteiger charge is -2.26. The van der Waals surface area contributed by atoms with Gasteiger partial charge in [0.05, 0.1) is 26.1 Å². The predicted molar refractivity (Wildman–Crippen MR) is 80.1 cm³/mol. The maximum Gasteiger partial charge on any atom is 0.143 e. The van der Waals surface area contributed by atoms with E-state index in [2.05, 4.69) is 20.9 Å². The summed E-state index contributed by atoms with van der Waals surface area (Å²) in [5.74, 6) is 0.557. The first-order valence-corrected chi connectivity index (χ1v) is 6.96. The molecule has 1 atom stereocenters. The Morgan fingerprint density at radius 3 is 2.43 bits per heavy atom. The van der Waals surface area contributed by atoms with E-state index >= 15 is 0 Å². The van der Waals surface area contributed by atoms with Gasteiger partial charge in [0, 0.05) is 5.56 Å². The number of pyridine rings is 1. The summed E-state index contributed by atoms with van der Waals surface area (Å²) in [4.78, 5) is 3.95. The highest BCUT2D eigenvalue weighted by Gasteiger charge is 2.32. The molecule has 0 saturated carbocycles. The Bertz CT molecular complexity index is 644. The summed E-state index contributed by atoms with van der Waals surface area (Å²) in [5.41, 5.74) is -0.621. The molecule has 1 heterocycles. The second-order valence-corrected chi connectivity index (χ2v) is 5.39. The second kappa shape index (κ2) is 5.99. The van der Waals surface area contributed by atoms with Gasteiger partial charge in [-0.15, -0.1) is 0 Å². The molecule has 1 N–H and O–H groups in total. The Labute approximate surface area is 130 Å². The Kier molecular flexibility index (Phi) is 4.49. The molecule has 4 nitrogen and oxygen atoms in total. The normalized spacial score (nSPS) is 13.6. The van der Waals surface area contributed by atoms with Crippen LogP contribution in [-0.4, -0.2) is 24.3 Å². The van der Waals surface area contributed by atoms with E-state index in [1.165, 1.54) is 19.2 Å². The van der Waals surface area contributed by atoms with Crippen molar-refractivity contribution in [2.24, 2.45) is 0 Å². The van der Waals surface area contributed by atoms with Gasteiger partial charge in [-0.3, -0.25) is 4.98 Å². The zero-order chi connectivity index (χ0) is 15.6. The van der Waals surface area contributed by atoms with Gasteiger partial charge in [-0.1, -0.05) is 0 Å². The van der Waals surface area contributed by atoms with Crippen molar-refractivity contribution in [3.05, 3.63) is 52.0 Å². The fourth-order valence-corrected chi connectivity index (χ4v) is 2.75. The number of methoxy groups -OCH3 is 2. The van der Waals surface area contributed by atoms with Crippen molar-refractivity contribution in [1.29, 1.82) is 0 Å². The number of halogens is 2. The maximum absolute atomic E-state index is 13.0. The van der Waals surface area contributed by atoms with Crippen molar-refractivity contribution in [2.45, 2.75) is 12.5 Å². The SMILES string of the molecule is COc1ccc(C(C)(O)c2ccc(F)cn2)c(OC)c1Br. The first-order chi connectivity index (χ1) is 9.91. The number of aromatic nitrogens is 1. The standard InChI is InChI=1S/C15H15BrFNO3/c1-15(19,12-7-4-9(17)8-18-12)10-5-6-11(20-2)13(16)14(10)21-3/h4-8,19H,1-3H3. The fourth-order valence-electron chi connectivity index (χ4n) is 2.08. The number of benzene rings is 1. The highest BCUT2D eigenvalue weighted by Crippen LogP contribution is 2.43. The van der Waals surface area contributed by atoms with Crippen molar-refractivity contribution in [1.82, 2.24) is 4.98 Å². The molecule has 0 saturated heterocycles. The average Bonchev–Trinajstić information content (AvgIpc) is 2.47. The third-order valence-corrected chi connectivity index (χ3v) is 3.99. The molecule has 0 aliphatic rings. The Morgan fingerprint density at radius 2 is 1.90 bits per heavy atom. The largest absolute Gasteiger partial charge is 0.495 e. The Hall–Kier alpha value is -1.66. The van der Waals surface area contributed by atoms with Crippen LogP contribution >= 0.6 is 15.9 Å². The first kappa shape index (κ1) is 15.7. The lowest BCUT2D eigenvalue weighted by molar-refractivity contribution is 0.0938. The Morgan fingerprint density at radius 1 is 1.19 bits per heavy atom. The highest BCUT2D eigenvalue weighted by atomic mass is 79.9. The van der Waals surface area contributed by atoms with E-state index in [0.29, 0.717) is 27.2 Å². The molecule has 0 bridgehead atoms. The molecule has 1 unspecified atom stereocenters. The van der Waals surface area contributed by atoms with Crippen molar-refractivity contribution < 1.29 is 19.0 Å². The maximum atomic E-state index is 13.0. The summed E-state index contributed by atoms with van der Waals surface area (Å²) < 4.78 is 24.1. The molecule has 0 aliphatic heterocycles. The molecule has 1 aromatic heterocycles. The molecule has 21 heavy (non-hydrogen) atoms. The predicted octanol–water partition coefficient (Wildman–Crippen LogP) is 3.26. The highest BCUT2D eigenvalue weighted by molar-refractivity contribution is 9.10. The molecule has 112 valence electrons. The van der Waals surface area contributed by atoms with E-state index in [0.717, 1.165) is 6.20 Å². The molecular formula is C15H15BrFNO3. The lowest BCUT2D eigenvalue weighted by Crippen LogP contribution is -2.25. The van der Waals surface area contributed by atoms with E-state index < -0.39 is 11.4 Å². The van der Waals surface area contributed by atoms with E-state index in [9.17, 15) is 9.50 Å². The number of ether oxygens (including phenoxy) is 2. The summed E-state index contributed by atoms with van der Waals surface area (Å²) >= 11 is 3.39. The number of aliphatic hydroxyl groups is 1. The van der Waals surface area contributed by atoms with Crippen LogP contribution in [-0.2, 0) is 5.60 Å². The van der Waals surface area contributed by atoms with Gasteiger partial charge >= 0.3 is 0 Å². The van der Waals surface area contributed by atoms with Crippen LogP contribution in [0, 0.1) is 5.82 Å². The topological polar surface area (TPSA) is 51.6 Å². The first-order valence-electron chi connectivity index (χ1n) is 6.17. The van der Waals surface area contributed by atoms with Crippen LogP contribution in [0.2, 0.25) is 0 Å². The molecule has 1 aromatic carbocycles. The minimum Gasteiger partial charge on any atom is -0.495 e. The summed E-state index contributed by atoms with van der Waals surface area (Å²) in [6, 6.07) is 6.09. The van der Waals surface area contributed by atoms with Gasteiger partial charge in [0.2, 0.25) is 0 Å². The molecule has 0 fully saturated rings. The number of hydrogen-bond donors (Lipinski definition) is 1.